The van der Waals surface area contributed by atoms with Gasteiger partial charge in [-0.1, -0.05) is 23.9 Å². The molecule has 1 saturated heterocycles. The minimum atomic E-state index is -0.247. The van der Waals surface area contributed by atoms with Crippen molar-refractivity contribution < 1.29 is 9.59 Å². The van der Waals surface area contributed by atoms with Crippen molar-refractivity contribution in [1.82, 2.24) is 5.32 Å². The van der Waals surface area contributed by atoms with Crippen molar-refractivity contribution in [2.75, 3.05) is 5.75 Å². The van der Waals surface area contributed by atoms with Crippen LogP contribution in [0.15, 0.2) is 12.2 Å². The molecule has 1 heterocycles. The van der Waals surface area contributed by atoms with E-state index in [1.165, 1.54) is 11.8 Å². The van der Waals surface area contributed by atoms with Gasteiger partial charge in [0.1, 0.15) is 0 Å². The summed E-state index contributed by atoms with van der Waals surface area (Å²) in [4.78, 5) is 22.3. The Morgan fingerprint density at radius 2 is 2.54 bits per heavy atom. The van der Waals surface area contributed by atoms with Crippen LogP contribution in [-0.2, 0) is 9.59 Å². The van der Waals surface area contributed by atoms with E-state index in [9.17, 15) is 9.59 Å². The lowest BCUT2D eigenvalue weighted by Gasteiger charge is -2.08. The van der Waals surface area contributed by atoms with Crippen LogP contribution in [0.3, 0.4) is 0 Å². The lowest BCUT2D eigenvalue weighted by molar-refractivity contribution is -0.123. The van der Waals surface area contributed by atoms with E-state index in [2.05, 4.69) is 5.32 Å². The summed E-state index contributed by atoms with van der Waals surface area (Å²) in [6, 6.07) is -0.247. The van der Waals surface area contributed by atoms with Crippen molar-refractivity contribution in [3.63, 3.8) is 0 Å². The van der Waals surface area contributed by atoms with Gasteiger partial charge in [-0.25, -0.2) is 0 Å². The zero-order valence-corrected chi connectivity index (χ0v) is 8.39. The maximum Gasteiger partial charge on any atom is 0.224 e. The van der Waals surface area contributed by atoms with Crippen molar-refractivity contribution in [2.24, 2.45) is 0 Å². The summed E-state index contributed by atoms with van der Waals surface area (Å²) in [6.45, 7) is 1.86. The number of carbonyl (C=O) groups excluding carboxylic acids is 2. The third-order valence-corrected chi connectivity index (χ3v) is 2.82. The quantitative estimate of drug-likeness (QED) is 0.692. The lowest BCUT2D eigenvalue weighted by atomic mass is 10.2. The third kappa shape index (κ3) is 3.22. The second kappa shape index (κ2) is 5.07. The van der Waals surface area contributed by atoms with Gasteiger partial charge in [-0.2, -0.15) is 0 Å². The normalized spacial score (nSPS) is 22.5. The molecule has 0 aromatic heterocycles. The molecule has 0 aliphatic carbocycles. The fraction of sp³-hybridized carbons (Fsp3) is 0.556. The van der Waals surface area contributed by atoms with Gasteiger partial charge >= 0.3 is 0 Å². The van der Waals surface area contributed by atoms with Gasteiger partial charge in [0.25, 0.3) is 0 Å². The highest BCUT2D eigenvalue weighted by atomic mass is 32.2. The number of thioether (sulfide) groups is 1. The second-order valence-corrected chi connectivity index (χ2v) is 3.95. The summed E-state index contributed by atoms with van der Waals surface area (Å²) in [7, 11) is 0. The molecule has 0 spiro atoms. The average Bonchev–Trinajstić information content (AvgIpc) is 2.48. The fourth-order valence-corrected chi connectivity index (χ4v) is 2.04. The van der Waals surface area contributed by atoms with Crippen LogP contribution in [0.25, 0.3) is 0 Å². The van der Waals surface area contributed by atoms with Crippen LogP contribution in [0.5, 0.6) is 0 Å². The largest absolute Gasteiger partial charge is 0.345 e. The Morgan fingerprint density at radius 3 is 3.08 bits per heavy atom. The van der Waals surface area contributed by atoms with E-state index in [0.717, 1.165) is 12.2 Å². The van der Waals surface area contributed by atoms with E-state index >= 15 is 0 Å². The Morgan fingerprint density at radius 1 is 1.77 bits per heavy atom. The molecule has 0 radical (unpaired) electrons. The highest BCUT2D eigenvalue weighted by Gasteiger charge is 2.26. The molecule has 1 atom stereocenters. The van der Waals surface area contributed by atoms with Crippen LogP contribution in [-0.4, -0.2) is 22.8 Å². The molecule has 0 unspecified atom stereocenters. The Balaban J connectivity index is 2.31. The topological polar surface area (TPSA) is 46.2 Å². The first-order valence-corrected chi connectivity index (χ1v) is 5.29. The predicted molar refractivity (Wildman–Crippen MR) is 53.4 cm³/mol. The maximum atomic E-state index is 11.2. The number of hydrogen-bond acceptors (Lipinski definition) is 3. The minimum Gasteiger partial charge on any atom is -0.345 e. The SMILES string of the molecule is C/C=C\CC(=O)N[C@H]1CCSC1=O. The number of nitrogens with one attached hydrogen (secondary N) is 1. The number of amides is 1. The molecule has 3 nitrogen and oxygen atoms in total. The standard InChI is InChI=1S/C9H13NO2S/c1-2-3-4-8(11)10-7-5-6-13-9(7)12/h2-3,7H,4-6H2,1H3,(H,10,11)/b3-2-/t7-/m0/s1. The molecule has 4 heteroatoms. The molecular weight excluding hydrogens is 186 g/mol. The Kier molecular flexibility index (Phi) is 4.02. The van der Waals surface area contributed by atoms with Crippen molar-refractivity contribution in [1.29, 1.82) is 0 Å². The van der Waals surface area contributed by atoms with E-state index in [1.807, 2.05) is 13.0 Å². The second-order valence-electron chi connectivity index (χ2n) is 2.85. The zero-order valence-electron chi connectivity index (χ0n) is 7.58. The van der Waals surface area contributed by atoms with Gasteiger partial charge in [-0.15, -0.1) is 0 Å². The molecule has 13 heavy (non-hydrogen) atoms. The summed E-state index contributed by atoms with van der Waals surface area (Å²) < 4.78 is 0. The molecule has 0 aromatic rings. The molecule has 1 fully saturated rings. The summed E-state index contributed by atoms with van der Waals surface area (Å²) >= 11 is 1.30. The predicted octanol–water partition coefficient (Wildman–Crippen LogP) is 1.10. The van der Waals surface area contributed by atoms with Crippen molar-refractivity contribution >= 4 is 22.8 Å². The molecule has 1 aliphatic rings. The minimum absolute atomic E-state index is 0.0704. The first kappa shape index (κ1) is 10.3. The van der Waals surface area contributed by atoms with Gasteiger partial charge in [-0.05, 0) is 13.3 Å². The van der Waals surface area contributed by atoms with Crippen molar-refractivity contribution in [2.45, 2.75) is 25.8 Å². The Bertz CT molecular complexity index is 238. The van der Waals surface area contributed by atoms with Crippen LogP contribution in [0.1, 0.15) is 19.8 Å². The summed E-state index contributed by atoms with van der Waals surface area (Å²) in [6.07, 6.45) is 4.74. The van der Waals surface area contributed by atoms with Crippen LogP contribution in [0.4, 0.5) is 0 Å². The van der Waals surface area contributed by atoms with Gasteiger partial charge in [-0.3, -0.25) is 9.59 Å². The van der Waals surface area contributed by atoms with Crippen molar-refractivity contribution in [3.05, 3.63) is 12.2 Å². The summed E-state index contributed by atoms with van der Waals surface area (Å²) in [5.41, 5.74) is 0. The van der Waals surface area contributed by atoms with Gasteiger partial charge in [0, 0.05) is 12.2 Å². The fourth-order valence-electron chi connectivity index (χ4n) is 1.11. The number of allylic oxidation sites excluding steroid dienone is 1. The summed E-state index contributed by atoms with van der Waals surface area (Å²) in [5.74, 6) is 0.756. The first-order valence-electron chi connectivity index (χ1n) is 4.31. The lowest BCUT2D eigenvalue weighted by Crippen LogP contribution is -2.36. The van der Waals surface area contributed by atoms with Crippen LogP contribution < -0.4 is 5.32 Å². The van der Waals surface area contributed by atoms with Crippen LogP contribution >= 0.6 is 11.8 Å². The van der Waals surface area contributed by atoms with E-state index in [4.69, 9.17) is 0 Å². The van der Waals surface area contributed by atoms with Crippen molar-refractivity contribution in [3.8, 4) is 0 Å². The molecular formula is C9H13NO2S. The van der Waals surface area contributed by atoms with Gasteiger partial charge in [0.2, 0.25) is 11.0 Å². The number of carbonyl (C=O) groups is 2. The van der Waals surface area contributed by atoms with Gasteiger partial charge in [0.05, 0.1) is 6.04 Å². The van der Waals surface area contributed by atoms with Gasteiger partial charge in [0.15, 0.2) is 0 Å². The smallest absolute Gasteiger partial charge is 0.224 e. The molecule has 1 rings (SSSR count). The number of rotatable bonds is 3. The first-order chi connectivity index (χ1) is 6.24. The molecule has 72 valence electrons. The van der Waals surface area contributed by atoms with E-state index in [-0.39, 0.29) is 17.1 Å². The maximum absolute atomic E-state index is 11.2. The Labute approximate surface area is 82.0 Å². The molecule has 0 aromatic carbocycles. The molecule has 1 amide bonds. The highest BCUT2D eigenvalue weighted by molar-refractivity contribution is 8.14. The number of hydrogen-bond donors (Lipinski definition) is 1. The van der Waals surface area contributed by atoms with Crippen LogP contribution in [0.2, 0.25) is 0 Å². The molecule has 0 saturated carbocycles. The molecule has 1 N–H and O–H groups in total. The Hall–Kier alpha value is -0.770. The monoisotopic (exact) mass is 199 g/mol. The van der Waals surface area contributed by atoms with E-state index < -0.39 is 0 Å². The zero-order chi connectivity index (χ0) is 9.68. The van der Waals surface area contributed by atoms with E-state index in [1.54, 1.807) is 6.08 Å². The summed E-state index contributed by atoms with van der Waals surface area (Å²) in [5, 5.41) is 2.79. The van der Waals surface area contributed by atoms with Crippen LogP contribution in [0, 0.1) is 0 Å². The van der Waals surface area contributed by atoms with Gasteiger partial charge < -0.3 is 5.32 Å². The average molecular weight is 199 g/mol. The molecule has 1 aliphatic heterocycles. The third-order valence-electron chi connectivity index (χ3n) is 1.81. The molecule has 0 bridgehead atoms. The van der Waals surface area contributed by atoms with E-state index in [0.29, 0.717) is 6.42 Å². The highest BCUT2D eigenvalue weighted by Crippen LogP contribution is 2.19.